The fraction of sp³-hybridized carbons (Fsp3) is 0.300. The van der Waals surface area contributed by atoms with Gasteiger partial charge in [-0.2, -0.15) is 5.10 Å². The molecule has 0 heterocycles. The van der Waals surface area contributed by atoms with Gasteiger partial charge in [0.2, 0.25) is 0 Å². The topological polar surface area (TPSA) is 81.2 Å². The van der Waals surface area contributed by atoms with Gasteiger partial charge in [0.15, 0.2) is 0 Å². The van der Waals surface area contributed by atoms with E-state index in [4.69, 9.17) is 14.2 Å². The number of amides is 1. The Morgan fingerprint density at radius 2 is 1.81 bits per heavy atom. The van der Waals surface area contributed by atoms with Gasteiger partial charge in [0.1, 0.15) is 23.3 Å². The zero-order chi connectivity index (χ0) is 19.6. The largest absolute Gasteiger partial charge is 0.497 e. The van der Waals surface area contributed by atoms with Crippen LogP contribution in [-0.4, -0.2) is 39.0 Å². The Bertz CT molecular complexity index is 775. The maximum absolute atomic E-state index is 12.2. The van der Waals surface area contributed by atoms with E-state index in [1.165, 1.54) is 6.21 Å². The third kappa shape index (κ3) is 5.91. The van der Waals surface area contributed by atoms with Crippen molar-refractivity contribution in [2.24, 2.45) is 5.10 Å². The third-order valence-electron chi connectivity index (χ3n) is 3.76. The first-order valence-electron chi connectivity index (χ1n) is 8.61. The number of hydrogen-bond donors (Lipinski definition) is 2. The molecule has 27 heavy (non-hydrogen) atoms. The SMILES string of the molecule is CCOc1ccc(NC(C)C(=O)N/N=C/c2ccc(OC)cc2OC)cc1. The summed E-state index contributed by atoms with van der Waals surface area (Å²) in [5, 5.41) is 7.12. The summed E-state index contributed by atoms with van der Waals surface area (Å²) < 4.78 is 15.8. The van der Waals surface area contributed by atoms with Gasteiger partial charge in [0.25, 0.3) is 5.91 Å². The van der Waals surface area contributed by atoms with Gasteiger partial charge in [-0.05, 0) is 50.2 Å². The van der Waals surface area contributed by atoms with Crippen LogP contribution in [0, 0.1) is 0 Å². The van der Waals surface area contributed by atoms with E-state index in [1.54, 1.807) is 39.3 Å². The number of rotatable bonds is 9. The number of carbonyl (C=O) groups excluding carboxylic acids is 1. The van der Waals surface area contributed by atoms with E-state index < -0.39 is 6.04 Å². The molecule has 2 rings (SSSR count). The van der Waals surface area contributed by atoms with E-state index in [2.05, 4.69) is 15.8 Å². The predicted octanol–water partition coefficient (Wildman–Crippen LogP) is 3.05. The van der Waals surface area contributed by atoms with E-state index >= 15 is 0 Å². The van der Waals surface area contributed by atoms with Crippen LogP contribution in [-0.2, 0) is 4.79 Å². The molecule has 0 saturated heterocycles. The quantitative estimate of drug-likeness (QED) is 0.523. The lowest BCUT2D eigenvalue weighted by Gasteiger charge is -2.14. The van der Waals surface area contributed by atoms with Gasteiger partial charge < -0.3 is 19.5 Å². The number of carbonyl (C=O) groups is 1. The van der Waals surface area contributed by atoms with Gasteiger partial charge in [0, 0.05) is 17.3 Å². The standard InChI is InChI=1S/C20H25N3O4/c1-5-27-17-10-7-16(8-11-17)22-14(2)20(24)23-21-13-15-6-9-18(25-3)12-19(15)26-4/h6-14,22H,5H2,1-4H3,(H,23,24)/b21-13+. The minimum absolute atomic E-state index is 0.257. The fourth-order valence-electron chi connectivity index (χ4n) is 2.32. The maximum Gasteiger partial charge on any atom is 0.262 e. The smallest absolute Gasteiger partial charge is 0.262 e. The van der Waals surface area contributed by atoms with Crippen LogP contribution in [0.1, 0.15) is 19.4 Å². The van der Waals surface area contributed by atoms with Crippen LogP contribution in [0.25, 0.3) is 0 Å². The molecule has 7 heteroatoms. The molecule has 0 aromatic heterocycles. The molecule has 0 aliphatic heterocycles. The van der Waals surface area contributed by atoms with Crippen LogP contribution >= 0.6 is 0 Å². The number of nitrogens with one attached hydrogen (secondary N) is 2. The van der Waals surface area contributed by atoms with Crippen LogP contribution in [0.3, 0.4) is 0 Å². The third-order valence-corrected chi connectivity index (χ3v) is 3.76. The summed E-state index contributed by atoms with van der Waals surface area (Å²) in [6, 6.07) is 12.3. The average molecular weight is 371 g/mol. The van der Waals surface area contributed by atoms with Crippen LogP contribution < -0.4 is 25.0 Å². The molecule has 0 bridgehead atoms. The zero-order valence-electron chi connectivity index (χ0n) is 16.0. The van der Waals surface area contributed by atoms with Gasteiger partial charge in [-0.3, -0.25) is 4.79 Å². The monoisotopic (exact) mass is 371 g/mol. The summed E-state index contributed by atoms with van der Waals surface area (Å²) in [5.74, 6) is 1.82. The van der Waals surface area contributed by atoms with Crippen molar-refractivity contribution in [2.45, 2.75) is 19.9 Å². The molecule has 144 valence electrons. The number of hydrogen-bond acceptors (Lipinski definition) is 6. The molecule has 0 radical (unpaired) electrons. The summed E-state index contributed by atoms with van der Waals surface area (Å²) in [6.45, 7) is 4.30. The first-order valence-corrected chi connectivity index (χ1v) is 8.61. The van der Waals surface area contributed by atoms with E-state index in [9.17, 15) is 4.79 Å². The first-order chi connectivity index (χ1) is 13.1. The Morgan fingerprint density at radius 1 is 1.11 bits per heavy atom. The summed E-state index contributed by atoms with van der Waals surface area (Å²) >= 11 is 0. The summed E-state index contributed by atoms with van der Waals surface area (Å²) in [7, 11) is 3.15. The van der Waals surface area contributed by atoms with Crippen molar-refractivity contribution in [1.82, 2.24) is 5.43 Å². The molecule has 0 aliphatic carbocycles. The highest BCUT2D eigenvalue weighted by atomic mass is 16.5. The highest BCUT2D eigenvalue weighted by Gasteiger charge is 2.12. The Morgan fingerprint density at radius 3 is 2.44 bits per heavy atom. The second kappa shape index (κ2) is 10.1. The molecule has 2 aromatic carbocycles. The Labute approximate surface area is 159 Å². The van der Waals surface area contributed by atoms with Gasteiger partial charge in [-0.15, -0.1) is 0 Å². The van der Waals surface area contributed by atoms with Gasteiger partial charge in [-0.25, -0.2) is 5.43 Å². The van der Waals surface area contributed by atoms with Crippen molar-refractivity contribution in [3.63, 3.8) is 0 Å². The van der Waals surface area contributed by atoms with Gasteiger partial charge in [-0.1, -0.05) is 0 Å². The summed E-state index contributed by atoms with van der Waals surface area (Å²) in [4.78, 5) is 12.2. The summed E-state index contributed by atoms with van der Waals surface area (Å²) in [5.41, 5.74) is 4.07. The molecule has 1 amide bonds. The van der Waals surface area contributed by atoms with E-state index in [0.717, 1.165) is 17.0 Å². The second-order valence-electron chi connectivity index (χ2n) is 5.67. The number of nitrogens with zero attached hydrogens (tertiary/aromatic N) is 1. The van der Waals surface area contributed by atoms with E-state index in [0.29, 0.717) is 18.1 Å². The van der Waals surface area contributed by atoms with Crippen molar-refractivity contribution in [2.75, 3.05) is 26.1 Å². The van der Waals surface area contributed by atoms with Crippen molar-refractivity contribution in [3.8, 4) is 17.2 Å². The molecule has 2 N–H and O–H groups in total. The lowest BCUT2D eigenvalue weighted by Crippen LogP contribution is -2.34. The average Bonchev–Trinajstić information content (AvgIpc) is 2.69. The Hall–Kier alpha value is -3.22. The second-order valence-corrected chi connectivity index (χ2v) is 5.67. The zero-order valence-corrected chi connectivity index (χ0v) is 16.0. The van der Waals surface area contributed by atoms with Crippen molar-refractivity contribution < 1.29 is 19.0 Å². The summed E-state index contributed by atoms with van der Waals surface area (Å²) in [6.07, 6.45) is 1.53. The molecule has 0 fully saturated rings. The molecule has 1 atom stereocenters. The van der Waals surface area contributed by atoms with Crippen molar-refractivity contribution in [3.05, 3.63) is 48.0 Å². The normalized spacial score (nSPS) is 11.7. The number of anilines is 1. The van der Waals surface area contributed by atoms with Crippen molar-refractivity contribution in [1.29, 1.82) is 0 Å². The minimum atomic E-state index is -0.460. The Kier molecular flexibility index (Phi) is 7.49. The predicted molar refractivity (Wildman–Crippen MR) is 106 cm³/mol. The number of hydrazone groups is 1. The van der Waals surface area contributed by atoms with Crippen LogP contribution in [0.2, 0.25) is 0 Å². The molecule has 0 aliphatic rings. The minimum Gasteiger partial charge on any atom is -0.497 e. The van der Waals surface area contributed by atoms with Gasteiger partial charge >= 0.3 is 0 Å². The molecule has 1 unspecified atom stereocenters. The maximum atomic E-state index is 12.2. The van der Waals surface area contributed by atoms with Crippen LogP contribution in [0.15, 0.2) is 47.6 Å². The van der Waals surface area contributed by atoms with Gasteiger partial charge in [0.05, 0.1) is 27.0 Å². The highest BCUT2D eigenvalue weighted by Crippen LogP contribution is 2.23. The van der Waals surface area contributed by atoms with E-state index in [1.807, 2.05) is 31.2 Å². The first kappa shape index (κ1) is 20.1. The van der Waals surface area contributed by atoms with Crippen molar-refractivity contribution >= 4 is 17.8 Å². The number of benzene rings is 2. The van der Waals surface area contributed by atoms with E-state index in [-0.39, 0.29) is 5.91 Å². The molecule has 7 nitrogen and oxygen atoms in total. The molecule has 2 aromatic rings. The molecular formula is C20H25N3O4. The lowest BCUT2D eigenvalue weighted by molar-refractivity contribution is -0.121. The molecule has 0 saturated carbocycles. The molecular weight excluding hydrogens is 346 g/mol. The highest BCUT2D eigenvalue weighted by molar-refractivity contribution is 5.87. The number of methoxy groups -OCH3 is 2. The van der Waals surface area contributed by atoms with Crippen LogP contribution in [0.4, 0.5) is 5.69 Å². The number of ether oxygens (including phenoxy) is 3. The Balaban J connectivity index is 1.91. The van der Waals surface area contributed by atoms with Crippen LogP contribution in [0.5, 0.6) is 17.2 Å². The fourth-order valence-corrected chi connectivity index (χ4v) is 2.32. The molecule has 0 spiro atoms. The lowest BCUT2D eigenvalue weighted by atomic mass is 10.2.